The normalized spacial score (nSPS) is 11.3. The first-order valence-corrected chi connectivity index (χ1v) is 10.0. The van der Waals surface area contributed by atoms with Gasteiger partial charge >= 0.3 is 0 Å². The van der Waals surface area contributed by atoms with Crippen molar-refractivity contribution in [1.29, 1.82) is 0 Å². The van der Waals surface area contributed by atoms with E-state index in [4.69, 9.17) is 11.6 Å². The molecule has 0 unspecified atom stereocenters. The average Bonchev–Trinajstić information content (AvgIpc) is 3.07. The summed E-state index contributed by atoms with van der Waals surface area (Å²) >= 11 is 7.86. The molecule has 0 saturated carbocycles. The van der Waals surface area contributed by atoms with E-state index in [1.54, 1.807) is 0 Å². The highest BCUT2D eigenvalue weighted by Crippen LogP contribution is 2.26. The van der Waals surface area contributed by atoms with Crippen molar-refractivity contribution in [2.45, 2.75) is 13.0 Å². The van der Waals surface area contributed by atoms with Crippen molar-refractivity contribution in [3.8, 4) is 0 Å². The van der Waals surface area contributed by atoms with Crippen molar-refractivity contribution in [2.75, 3.05) is 18.4 Å². The Morgan fingerprint density at radius 2 is 1.92 bits per heavy atom. The highest BCUT2D eigenvalue weighted by molar-refractivity contribution is 7.17. The highest BCUT2D eigenvalue weighted by atomic mass is 35.5. The van der Waals surface area contributed by atoms with Crippen molar-refractivity contribution < 1.29 is 0 Å². The summed E-state index contributed by atoms with van der Waals surface area (Å²) in [6.45, 7) is 2.81. The van der Waals surface area contributed by atoms with Gasteiger partial charge < -0.3 is 10.6 Å². The Morgan fingerprint density at radius 1 is 1.00 bits per heavy atom. The minimum absolute atomic E-state index is 0.715. The molecular weight excluding hydrogens is 362 g/mol. The molecule has 4 aromatic rings. The first-order chi connectivity index (χ1) is 12.8. The van der Waals surface area contributed by atoms with E-state index in [1.165, 1.54) is 15.6 Å². The third kappa shape index (κ3) is 3.83. The molecule has 0 aliphatic heterocycles. The molecule has 0 saturated heterocycles. The maximum atomic E-state index is 6.04. The number of benzene rings is 2. The van der Waals surface area contributed by atoms with E-state index in [-0.39, 0.29) is 0 Å². The van der Waals surface area contributed by atoms with Gasteiger partial charge in [-0.25, -0.2) is 0 Å². The van der Waals surface area contributed by atoms with Crippen LogP contribution in [-0.4, -0.2) is 18.1 Å². The van der Waals surface area contributed by atoms with Crippen LogP contribution in [0.2, 0.25) is 5.02 Å². The Hall–Kier alpha value is -2.14. The summed E-state index contributed by atoms with van der Waals surface area (Å²) in [5.41, 5.74) is 3.41. The Labute approximate surface area is 162 Å². The number of aromatic nitrogens is 1. The maximum Gasteiger partial charge on any atom is 0.0737 e. The monoisotopic (exact) mass is 381 g/mol. The minimum atomic E-state index is 0.715. The Morgan fingerprint density at radius 3 is 2.88 bits per heavy atom. The van der Waals surface area contributed by atoms with Gasteiger partial charge in [-0.2, -0.15) is 0 Å². The molecular formula is C21H20ClN3S. The van der Waals surface area contributed by atoms with Crippen LogP contribution in [0.5, 0.6) is 0 Å². The second kappa shape index (κ2) is 8.04. The molecule has 2 heterocycles. The summed E-state index contributed by atoms with van der Waals surface area (Å²) < 4.78 is 1.36. The number of rotatable bonds is 7. The number of hydrogen-bond acceptors (Lipinski definition) is 4. The maximum absolute atomic E-state index is 6.04. The molecule has 0 fully saturated rings. The number of halogens is 1. The fraction of sp³-hybridized carbons (Fsp3) is 0.190. The SMILES string of the molecule is Clc1ccc2c(NCCCNCc3csc4ccccc34)ccnc2c1. The van der Waals surface area contributed by atoms with Gasteiger partial charge in [0.15, 0.2) is 0 Å². The molecule has 0 radical (unpaired) electrons. The minimum Gasteiger partial charge on any atom is -0.384 e. The van der Waals surface area contributed by atoms with Crippen LogP contribution in [0.15, 0.2) is 60.1 Å². The lowest BCUT2D eigenvalue weighted by Crippen LogP contribution is -2.17. The lowest BCUT2D eigenvalue weighted by Gasteiger charge is -2.10. The number of anilines is 1. The zero-order chi connectivity index (χ0) is 17.8. The zero-order valence-corrected chi connectivity index (χ0v) is 15.9. The van der Waals surface area contributed by atoms with Gasteiger partial charge in [0.1, 0.15) is 0 Å². The van der Waals surface area contributed by atoms with E-state index in [1.807, 2.05) is 41.8 Å². The fourth-order valence-electron chi connectivity index (χ4n) is 3.10. The first kappa shape index (κ1) is 17.3. The molecule has 0 amide bonds. The molecule has 132 valence electrons. The van der Waals surface area contributed by atoms with Gasteiger partial charge in [0.25, 0.3) is 0 Å². The van der Waals surface area contributed by atoms with Crippen molar-refractivity contribution in [3.63, 3.8) is 0 Å². The number of hydrogen-bond donors (Lipinski definition) is 2. The molecule has 3 nitrogen and oxygen atoms in total. The molecule has 4 rings (SSSR count). The van der Waals surface area contributed by atoms with Gasteiger partial charge in [0, 0.05) is 40.1 Å². The van der Waals surface area contributed by atoms with Crippen LogP contribution in [0.4, 0.5) is 5.69 Å². The van der Waals surface area contributed by atoms with E-state index in [9.17, 15) is 0 Å². The Kier molecular flexibility index (Phi) is 5.34. The van der Waals surface area contributed by atoms with Crippen LogP contribution in [0, 0.1) is 0 Å². The van der Waals surface area contributed by atoms with Crippen LogP contribution in [0.3, 0.4) is 0 Å². The lowest BCUT2D eigenvalue weighted by atomic mass is 10.2. The van der Waals surface area contributed by atoms with Gasteiger partial charge in [-0.3, -0.25) is 4.98 Å². The molecule has 0 bridgehead atoms. The third-order valence-corrected chi connectivity index (χ3v) is 5.67. The molecule has 5 heteroatoms. The van der Waals surface area contributed by atoms with Gasteiger partial charge in [-0.1, -0.05) is 29.8 Å². The summed E-state index contributed by atoms with van der Waals surface area (Å²) in [6.07, 6.45) is 2.88. The Bertz CT molecular complexity index is 1030. The predicted molar refractivity (Wildman–Crippen MR) is 113 cm³/mol. The summed E-state index contributed by atoms with van der Waals surface area (Å²) in [6, 6.07) is 16.4. The van der Waals surface area contributed by atoms with Gasteiger partial charge in [-0.15, -0.1) is 11.3 Å². The standard InChI is InChI=1S/C21H20ClN3S/c22-16-6-7-18-19(8-11-25-20(18)12-16)24-10-3-9-23-13-15-14-26-21-5-2-1-4-17(15)21/h1-2,4-8,11-12,14,23H,3,9-10,13H2,(H,24,25). The van der Waals surface area contributed by atoms with Crippen molar-refractivity contribution >= 4 is 49.6 Å². The van der Waals surface area contributed by atoms with Gasteiger partial charge in [0.05, 0.1) is 5.52 Å². The van der Waals surface area contributed by atoms with Crippen LogP contribution in [0.25, 0.3) is 21.0 Å². The zero-order valence-electron chi connectivity index (χ0n) is 14.3. The average molecular weight is 382 g/mol. The van der Waals surface area contributed by atoms with Gasteiger partial charge in [-0.05, 0) is 59.6 Å². The fourth-order valence-corrected chi connectivity index (χ4v) is 4.23. The van der Waals surface area contributed by atoms with E-state index in [0.717, 1.165) is 42.6 Å². The van der Waals surface area contributed by atoms with Crippen LogP contribution in [0.1, 0.15) is 12.0 Å². The lowest BCUT2D eigenvalue weighted by molar-refractivity contribution is 0.666. The van der Waals surface area contributed by atoms with E-state index in [2.05, 4.69) is 45.3 Å². The molecule has 0 atom stereocenters. The quantitative estimate of drug-likeness (QED) is 0.403. The topological polar surface area (TPSA) is 37.0 Å². The second-order valence-electron chi connectivity index (χ2n) is 6.23. The summed E-state index contributed by atoms with van der Waals surface area (Å²) in [7, 11) is 0. The van der Waals surface area contributed by atoms with Crippen molar-refractivity contribution in [2.24, 2.45) is 0 Å². The molecule has 2 aromatic heterocycles. The smallest absolute Gasteiger partial charge is 0.0737 e. The molecule has 0 spiro atoms. The summed E-state index contributed by atoms with van der Waals surface area (Å²) in [5.74, 6) is 0. The number of fused-ring (bicyclic) bond motifs is 2. The van der Waals surface area contributed by atoms with E-state index < -0.39 is 0 Å². The molecule has 2 N–H and O–H groups in total. The van der Waals surface area contributed by atoms with E-state index >= 15 is 0 Å². The largest absolute Gasteiger partial charge is 0.384 e. The van der Waals surface area contributed by atoms with Crippen LogP contribution < -0.4 is 10.6 Å². The van der Waals surface area contributed by atoms with Crippen LogP contribution in [-0.2, 0) is 6.54 Å². The van der Waals surface area contributed by atoms with Crippen molar-refractivity contribution in [1.82, 2.24) is 10.3 Å². The number of pyridine rings is 1. The molecule has 26 heavy (non-hydrogen) atoms. The van der Waals surface area contributed by atoms with Gasteiger partial charge in [0.2, 0.25) is 0 Å². The predicted octanol–water partition coefficient (Wildman–Crippen LogP) is 5.69. The number of thiophene rings is 1. The molecule has 0 aliphatic carbocycles. The van der Waals surface area contributed by atoms with Crippen molar-refractivity contribution in [3.05, 3.63) is 70.7 Å². The Balaban J connectivity index is 1.27. The highest BCUT2D eigenvalue weighted by Gasteiger charge is 2.03. The summed E-state index contributed by atoms with van der Waals surface area (Å²) in [5, 5.41) is 12.5. The molecule has 2 aromatic carbocycles. The summed E-state index contributed by atoms with van der Waals surface area (Å²) in [4.78, 5) is 4.38. The number of nitrogens with zero attached hydrogens (tertiary/aromatic N) is 1. The second-order valence-corrected chi connectivity index (χ2v) is 7.58. The number of nitrogens with one attached hydrogen (secondary N) is 2. The molecule has 0 aliphatic rings. The first-order valence-electron chi connectivity index (χ1n) is 8.75. The third-order valence-electron chi connectivity index (χ3n) is 4.43. The van der Waals surface area contributed by atoms with Crippen LogP contribution >= 0.6 is 22.9 Å². The van der Waals surface area contributed by atoms with E-state index in [0.29, 0.717) is 5.02 Å².